The van der Waals surface area contributed by atoms with Gasteiger partial charge in [0.15, 0.2) is 0 Å². The summed E-state index contributed by atoms with van der Waals surface area (Å²) in [5.41, 5.74) is 2.36. The Morgan fingerprint density at radius 3 is 2.38 bits per heavy atom. The van der Waals surface area contributed by atoms with Gasteiger partial charge in [0.1, 0.15) is 0 Å². The van der Waals surface area contributed by atoms with Crippen molar-refractivity contribution >= 4 is 17.5 Å². The van der Waals surface area contributed by atoms with E-state index in [4.69, 9.17) is 0 Å². The van der Waals surface area contributed by atoms with Crippen LogP contribution in [0.2, 0.25) is 0 Å². The predicted molar refractivity (Wildman–Crippen MR) is 85.6 cm³/mol. The molecule has 0 aliphatic heterocycles. The van der Waals surface area contributed by atoms with Crippen molar-refractivity contribution in [2.75, 3.05) is 18.9 Å². The molecule has 1 aromatic carbocycles. The molecule has 0 fully saturated rings. The molecule has 0 aliphatic carbocycles. The zero-order valence-corrected chi connectivity index (χ0v) is 13.5. The first-order valence-electron chi connectivity index (χ1n) is 7.10. The number of nitrogens with one attached hydrogen (secondary N) is 3. The molecule has 0 radical (unpaired) electrons. The Morgan fingerprint density at radius 1 is 1.19 bits per heavy atom. The van der Waals surface area contributed by atoms with Crippen LogP contribution in [0.1, 0.15) is 43.1 Å². The lowest BCUT2D eigenvalue weighted by Gasteiger charge is -2.20. The van der Waals surface area contributed by atoms with E-state index in [0.29, 0.717) is 12.1 Å². The summed E-state index contributed by atoms with van der Waals surface area (Å²) < 4.78 is 0. The standard InChI is InChI=1S/C16H25N3O2/c1-11-10-12(6-7-13(11)17-5)15(21)18-9-8-14(20)19-16(2,3)4/h6-7,10,17H,8-9H2,1-5H3,(H,18,21)(H,19,20). The molecule has 0 bridgehead atoms. The highest BCUT2D eigenvalue weighted by Gasteiger charge is 2.14. The summed E-state index contributed by atoms with van der Waals surface area (Å²) in [4.78, 5) is 23.6. The van der Waals surface area contributed by atoms with Crippen LogP contribution >= 0.6 is 0 Å². The summed E-state index contributed by atoms with van der Waals surface area (Å²) in [7, 11) is 1.84. The molecule has 0 aliphatic rings. The molecule has 0 saturated carbocycles. The van der Waals surface area contributed by atoms with Crippen LogP contribution in [0.5, 0.6) is 0 Å². The zero-order chi connectivity index (χ0) is 16.0. The number of rotatable bonds is 5. The second-order valence-electron chi connectivity index (χ2n) is 6.08. The smallest absolute Gasteiger partial charge is 0.251 e. The minimum absolute atomic E-state index is 0.0653. The van der Waals surface area contributed by atoms with Crippen LogP contribution in [0.3, 0.4) is 0 Å². The maximum Gasteiger partial charge on any atom is 0.251 e. The lowest BCUT2D eigenvalue weighted by atomic mass is 10.1. The topological polar surface area (TPSA) is 70.2 Å². The molecule has 0 saturated heterocycles. The normalized spacial score (nSPS) is 10.9. The van der Waals surface area contributed by atoms with Gasteiger partial charge >= 0.3 is 0 Å². The van der Waals surface area contributed by atoms with Crippen molar-refractivity contribution in [3.05, 3.63) is 29.3 Å². The van der Waals surface area contributed by atoms with Crippen LogP contribution < -0.4 is 16.0 Å². The highest BCUT2D eigenvalue weighted by atomic mass is 16.2. The first-order chi connectivity index (χ1) is 9.73. The number of hydrogen-bond donors (Lipinski definition) is 3. The minimum Gasteiger partial charge on any atom is -0.388 e. The summed E-state index contributed by atoms with van der Waals surface area (Å²) in [6.45, 7) is 8.05. The number of aryl methyl sites for hydroxylation is 1. The van der Waals surface area contributed by atoms with Crippen molar-refractivity contribution in [2.45, 2.75) is 39.7 Å². The van der Waals surface area contributed by atoms with Crippen LogP contribution in [-0.2, 0) is 4.79 Å². The third-order valence-corrected chi connectivity index (χ3v) is 2.91. The molecule has 5 heteroatoms. The molecule has 1 rings (SSSR count). The molecule has 2 amide bonds. The second kappa shape index (κ2) is 7.11. The Bertz CT molecular complexity index is 519. The summed E-state index contributed by atoms with van der Waals surface area (Å²) in [5, 5.41) is 8.68. The van der Waals surface area contributed by atoms with Crippen LogP contribution in [-0.4, -0.2) is 30.9 Å². The average Bonchev–Trinajstić information content (AvgIpc) is 2.36. The van der Waals surface area contributed by atoms with E-state index in [0.717, 1.165) is 11.3 Å². The van der Waals surface area contributed by atoms with Gasteiger partial charge in [-0.15, -0.1) is 0 Å². The van der Waals surface area contributed by atoms with Gasteiger partial charge in [-0.1, -0.05) is 0 Å². The largest absolute Gasteiger partial charge is 0.388 e. The van der Waals surface area contributed by atoms with E-state index in [9.17, 15) is 9.59 Å². The van der Waals surface area contributed by atoms with Crippen molar-refractivity contribution in [1.29, 1.82) is 0 Å². The van der Waals surface area contributed by atoms with Crippen LogP contribution in [0.25, 0.3) is 0 Å². The molecule has 3 N–H and O–H groups in total. The van der Waals surface area contributed by atoms with E-state index >= 15 is 0 Å². The number of hydrogen-bond acceptors (Lipinski definition) is 3. The molecule has 0 atom stereocenters. The highest BCUT2D eigenvalue weighted by molar-refractivity contribution is 5.95. The molecule has 0 aromatic heterocycles. The first-order valence-corrected chi connectivity index (χ1v) is 7.10. The van der Waals surface area contributed by atoms with E-state index in [1.807, 2.05) is 46.9 Å². The van der Waals surface area contributed by atoms with Gasteiger partial charge in [-0.25, -0.2) is 0 Å². The first kappa shape index (κ1) is 17.0. The van der Waals surface area contributed by atoms with E-state index in [1.165, 1.54) is 0 Å². The van der Waals surface area contributed by atoms with Gasteiger partial charge in [0.25, 0.3) is 5.91 Å². The zero-order valence-electron chi connectivity index (χ0n) is 13.5. The minimum atomic E-state index is -0.249. The SMILES string of the molecule is CNc1ccc(C(=O)NCCC(=O)NC(C)(C)C)cc1C. The van der Waals surface area contributed by atoms with Crippen LogP contribution in [0.4, 0.5) is 5.69 Å². The number of carbonyl (C=O) groups is 2. The van der Waals surface area contributed by atoms with Gasteiger partial charge in [0, 0.05) is 36.8 Å². The summed E-state index contributed by atoms with van der Waals surface area (Å²) >= 11 is 0. The lowest BCUT2D eigenvalue weighted by Crippen LogP contribution is -2.41. The van der Waals surface area contributed by atoms with E-state index in [1.54, 1.807) is 6.07 Å². The van der Waals surface area contributed by atoms with E-state index in [-0.39, 0.29) is 23.8 Å². The third kappa shape index (κ3) is 5.85. The van der Waals surface area contributed by atoms with Crippen molar-refractivity contribution in [3.8, 4) is 0 Å². The molecule has 0 unspecified atom stereocenters. The Morgan fingerprint density at radius 2 is 1.86 bits per heavy atom. The fourth-order valence-corrected chi connectivity index (χ4v) is 1.96. The van der Waals surface area contributed by atoms with Gasteiger partial charge in [-0.3, -0.25) is 9.59 Å². The second-order valence-corrected chi connectivity index (χ2v) is 6.08. The Balaban J connectivity index is 2.47. The number of anilines is 1. The summed E-state index contributed by atoms with van der Waals surface area (Å²) in [6.07, 6.45) is 0.274. The van der Waals surface area contributed by atoms with Crippen molar-refractivity contribution in [3.63, 3.8) is 0 Å². The Kier molecular flexibility index (Phi) is 5.76. The van der Waals surface area contributed by atoms with Gasteiger partial charge in [-0.2, -0.15) is 0 Å². The molecule has 0 heterocycles. The van der Waals surface area contributed by atoms with Gasteiger partial charge in [-0.05, 0) is 51.5 Å². The van der Waals surface area contributed by atoms with E-state index < -0.39 is 0 Å². The fourth-order valence-electron chi connectivity index (χ4n) is 1.96. The fraction of sp³-hybridized carbons (Fsp3) is 0.500. The molecule has 21 heavy (non-hydrogen) atoms. The lowest BCUT2D eigenvalue weighted by molar-refractivity contribution is -0.122. The monoisotopic (exact) mass is 291 g/mol. The molecule has 5 nitrogen and oxygen atoms in total. The maximum atomic E-state index is 12.0. The Labute approximate surface area is 126 Å². The Hall–Kier alpha value is -2.04. The van der Waals surface area contributed by atoms with Crippen molar-refractivity contribution in [2.24, 2.45) is 0 Å². The highest BCUT2D eigenvalue weighted by Crippen LogP contribution is 2.15. The van der Waals surface area contributed by atoms with Gasteiger partial charge in [0.2, 0.25) is 5.91 Å². The average molecular weight is 291 g/mol. The quantitative estimate of drug-likeness (QED) is 0.778. The third-order valence-electron chi connectivity index (χ3n) is 2.91. The van der Waals surface area contributed by atoms with Gasteiger partial charge in [0.05, 0.1) is 0 Å². The van der Waals surface area contributed by atoms with E-state index in [2.05, 4.69) is 16.0 Å². The predicted octanol–water partition coefficient (Wildman–Crippen LogP) is 2.07. The number of benzene rings is 1. The molecular weight excluding hydrogens is 266 g/mol. The van der Waals surface area contributed by atoms with Crippen molar-refractivity contribution < 1.29 is 9.59 Å². The molecule has 116 valence electrons. The maximum absolute atomic E-state index is 12.0. The molecule has 1 aromatic rings. The molecular formula is C16H25N3O2. The summed E-state index contributed by atoms with van der Waals surface area (Å²) in [5.74, 6) is -0.228. The van der Waals surface area contributed by atoms with Crippen LogP contribution in [0.15, 0.2) is 18.2 Å². The number of carbonyl (C=O) groups excluding carboxylic acids is 2. The number of amides is 2. The van der Waals surface area contributed by atoms with Crippen molar-refractivity contribution in [1.82, 2.24) is 10.6 Å². The van der Waals surface area contributed by atoms with Crippen LogP contribution in [0, 0.1) is 6.92 Å². The molecule has 0 spiro atoms. The van der Waals surface area contributed by atoms with Gasteiger partial charge < -0.3 is 16.0 Å². The summed E-state index contributed by atoms with van der Waals surface area (Å²) in [6, 6.07) is 5.47.